The summed E-state index contributed by atoms with van der Waals surface area (Å²) >= 11 is 0. The van der Waals surface area contributed by atoms with Crippen LogP contribution in [0, 0.1) is 0 Å². The van der Waals surface area contributed by atoms with E-state index in [9.17, 15) is 18.0 Å². The molecule has 0 bridgehead atoms. The van der Waals surface area contributed by atoms with E-state index in [4.69, 9.17) is 14.2 Å². The van der Waals surface area contributed by atoms with Crippen LogP contribution < -0.4 is 19.5 Å². The van der Waals surface area contributed by atoms with Crippen LogP contribution in [0.5, 0.6) is 11.5 Å². The molecule has 32 heavy (non-hydrogen) atoms. The van der Waals surface area contributed by atoms with Gasteiger partial charge in [-0.05, 0) is 49.7 Å². The van der Waals surface area contributed by atoms with Crippen LogP contribution in [0.4, 0.5) is 5.69 Å². The fourth-order valence-corrected chi connectivity index (χ4v) is 3.89. The first-order valence-electron chi connectivity index (χ1n) is 10.0. The van der Waals surface area contributed by atoms with Gasteiger partial charge in [0.25, 0.3) is 0 Å². The zero-order valence-electron chi connectivity index (χ0n) is 18.5. The molecule has 2 aromatic carbocycles. The minimum Gasteiger partial charge on any atom is -0.493 e. The first-order chi connectivity index (χ1) is 15.2. The number of anilines is 1. The molecule has 0 aromatic heterocycles. The summed E-state index contributed by atoms with van der Waals surface area (Å²) in [5.74, 6) is -0.365. The van der Waals surface area contributed by atoms with E-state index in [1.807, 2.05) is 6.92 Å². The quantitative estimate of drug-likeness (QED) is 0.387. The summed E-state index contributed by atoms with van der Waals surface area (Å²) in [7, 11) is -1.15. The second-order valence-corrected chi connectivity index (χ2v) is 8.63. The molecule has 1 amide bonds. The molecule has 0 fully saturated rings. The third-order valence-corrected chi connectivity index (χ3v) is 6.05. The van der Waals surface area contributed by atoms with Gasteiger partial charge in [0.05, 0.1) is 37.3 Å². The van der Waals surface area contributed by atoms with Crippen LogP contribution in [0.3, 0.4) is 0 Å². The number of sulfonamides is 1. The van der Waals surface area contributed by atoms with Crippen molar-refractivity contribution in [2.75, 3.05) is 26.1 Å². The van der Waals surface area contributed by atoms with Crippen molar-refractivity contribution in [2.45, 2.75) is 37.6 Å². The Hall–Kier alpha value is -3.11. The zero-order valence-corrected chi connectivity index (χ0v) is 19.3. The Kier molecular flexibility index (Phi) is 9.03. The van der Waals surface area contributed by atoms with Crippen LogP contribution in [0.25, 0.3) is 0 Å². The summed E-state index contributed by atoms with van der Waals surface area (Å²) in [6.07, 6.45) is 1.71. The Morgan fingerprint density at radius 1 is 1.00 bits per heavy atom. The first-order valence-corrected chi connectivity index (χ1v) is 11.5. The van der Waals surface area contributed by atoms with Gasteiger partial charge in [0.15, 0.2) is 11.5 Å². The SMILES string of the molecule is CCCCOC(=O)c1ccc(NC(=O)[C@H](C)NS(=O)(=O)c2ccc(OC)c(OC)c2)cc1. The molecule has 2 aromatic rings. The van der Waals surface area contributed by atoms with Gasteiger partial charge in [0.2, 0.25) is 15.9 Å². The van der Waals surface area contributed by atoms with E-state index in [0.29, 0.717) is 23.6 Å². The van der Waals surface area contributed by atoms with Gasteiger partial charge in [-0.1, -0.05) is 13.3 Å². The molecule has 0 radical (unpaired) electrons. The maximum Gasteiger partial charge on any atom is 0.338 e. The van der Waals surface area contributed by atoms with E-state index < -0.39 is 27.9 Å². The Balaban J connectivity index is 2.01. The molecule has 2 rings (SSSR count). The third kappa shape index (κ3) is 6.69. The average molecular weight is 465 g/mol. The number of amides is 1. The monoisotopic (exact) mass is 464 g/mol. The molecule has 0 heterocycles. The Bertz CT molecular complexity index is 1040. The lowest BCUT2D eigenvalue weighted by molar-refractivity contribution is -0.117. The summed E-state index contributed by atoms with van der Waals surface area (Å²) in [6.45, 7) is 3.78. The topological polar surface area (TPSA) is 120 Å². The van der Waals surface area contributed by atoms with Crippen molar-refractivity contribution < 1.29 is 32.2 Å². The van der Waals surface area contributed by atoms with Crippen LogP contribution >= 0.6 is 0 Å². The molecule has 9 nitrogen and oxygen atoms in total. The van der Waals surface area contributed by atoms with Gasteiger partial charge in [-0.2, -0.15) is 4.72 Å². The molecule has 0 aliphatic rings. The summed E-state index contributed by atoms with van der Waals surface area (Å²) < 4.78 is 43.0. The Labute approximate surface area is 188 Å². The minimum absolute atomic E-state index is 0.0688. The predicted molar refractivity (Wildman–Crippen MR) is 120 cm³/mol. The largest absolute Gasteiger partial charge is 0.493 e. The number of esters is 1. The maximum absolute atomic E-state index is 12.7. The number of hydrogen-bond acceptors (Lipinski definition) is 7. The number of ether oxygens (including phenoxy) is 3. The van der Waals surface area contributed by atoms with E-state index >= 15 is 0 Å². The standard InChI is InChI=1S/C22H28N2O7S/c1-5-6-13-31-22(26)16-7-9-17(10-8-16)23-21(25)15(2)24-32(27,28)18-11-12-19(29-3)20(14-18)30-4/h7-12,14-15,24H,5-6,13H2,1-4H3,(H,23,25)/t15-/m0/s1. The summed E-state index contributed by atoms with van der Waals surface area (Å²) in [6, 6.07) is 9.22. The molecular weight excluding hydrogens is 436 g/mol. The molecule has 1 atom stereocenters. The summed E-state index contributed by atoms with van der Waals surface area (Å²) in [5, 5.41) is 2.61. The number of unbranched alkanes of at least 4 members (excludes halogenated alkanes) is 1. The maximum atomic E-state index is 12.7. The van der Waals surface area contributed by atoms with Crippen LogP contribution in [-0.4, -0.2) is 47.2 Å². The smallest absolute Gasteiger partial charge is 0.338 e. The second kappa shape index (κ2) is 11.5. The zero-order chi connectivity index (χ0) is 23.7. The minimum atomic E-state index is -3.99. The molecule has 0 aliphatic heterocycles. The van der Waals surface area contributed by atoms with Gasteiger partial charge < -0.3 is 19.5 Å². The fourth-order valence-electron chi connectivity index (χ4n) is 2.67. The van der Waals surface area contributed by atoms with Crippen LogP contribution in [0.1, 0.15) is 37.0 Å². The number of carbonyl (C=O) groups is 2. The molecule has 10 heteroatoms. The van der Waals surface area contributed by atoms with Crippen molar-refractivity contribution in [1.82, 2.24) is 4.72 Å². The highest BCUT2D eigenvalue weighted by Gasteiger charge is 2.23. The lowest BCUT2D eigenvalue weighted by Gasteiger charge is -2.16. The van der Waals surface area contributed by atoms with Crippen molar-refractivity contribution in [2.24, 2.45) is 0 Å². The number of hydrogen-bond donors (Lipinski definition) is 2. The highest BCUT2D eigenvalue weighted by Crippen LogP contribution is 2.29. The Morgan fingerprint density at radius 3 is 2.25 bits per heavy atom. The lowest BCUT2D eigenvalue weighted by atomic mass is 10.2. The molecule has 174 valence electrons. The van der Waals surface area contributed by atoms with Gasteiger partial charge in [-0.25, -0.2) is 13.2 Å². The lowest BCUT2D eigenvalue weighted by Crippen LogP contribution is -2.41. The molecule has 0 saturated heterocycles. The third-order valence-electron chi connectivity index (χ3n) is 4.51. The van der Waals surface area contributed by atoms with Gasteiger partial charge in [0.1, 0.15) is 0 Å². The molecule has 0 unspecified atom stereocenters. The van der Waals surface area contributed by atoms with Crippen molar-refractivity contribution >= 4 is 27.6 Å². The van der Waals surface area contributed by atoms with Crippen LogP contribution in [-0.2, 0) is 19.6 Å². The van der Waals surface area contributed by atoms with Gasteiger partial charge in [-0.3, -0.25) is 4.79 Å². The number of methoxy groups -OCH3 is 2. The van der Waals surface area contributed by atoms with Crippen LogP contribution in [0.2, 0.25) is 0 Å². The van der Waals surface area contributed by atoms with Crippen molar-refractivity contribution in [3.63, 3.8) is 0 Å². The van der Waals surface area contributed by atoms with Crippen LogP contribution in [0.15, 0.2) is 47.4 Å². The van der Waals surface area contributed by atoms with Crippen molar-refractivity contribution in [3.05, 3.63) is 48.0 Å². The Morgan fingerprint density at radius 2 is 1.66 bits per heavy atom. The summed E-state index contributed by atoms with van der Waals surface area (Å²) in [5.41, 5.74) is 0.776. The molecule has 2 N–H and O–H groups in total. The highest BCUT2D eigenvalue weighted by atomic mass is 32.2. The number of rotatable bonds is 11. The summed E-state index contributed by atoms with van der Waals surface area (Å²) in [4.78, 5) is 24.3. The number of carbonyl (C=O) groups excluding carboxylic acids is 2. The van der Waals surface area contributed by atoms with E-state index in [1.54, 1.807) is 12.1 Å². The molecular formula is C22H28N2O7S. The fraction of sp³-hybridized carbons (Fsp3) is 0.364. The molecule has 0 spiro atoms. The van der Waals surface area contributed by atoms with Gasteiger partial charge in [0, 0.05) is 11.8 Å². The van der Waals surface area contributed by atoms with E-state index in [-0.39, 0.29) is 10.6 Å². The normalized spacial score (nSPS) is 12.0. The van der Waals surface area contributed by atoms with Gasteiger partial charge in [-0.15, -0.1) is 0 Å². The highest BCUT2D eigenvalue weighted by molar-refractivity contribution is 7.89. The first kappa shape index (κ1) is 25.2. The van der Waals surface area contributed by atoms with Gasteiger partial charge >= 0.3 is 5.97 Å². The molecule has 0 aliphatic carbocycles. The number of nitrogens with one attached hydrogen (secondary N) is 2. The van der Waals surface area contributed by atoms with Crippen molar-refractivity contribution in [1.29, 1.82) is 0 Å². The average Bonchev–Trinajstić information content (AvgIpc) is 2.78. The van der Waals surface area contributed by atoms with E-state index in [1.165, 1.54) is 51.5 Å². The number of benzene rings is 2. The van der Waals surface area contributed by atoms with E-state index in [2.05, 4.69) is 10.0 Å². The second-order valence-electron chi connectivity index (χ2n) is 6.92. The molecule has 0 saturated carbocycles. The predicted octanol–water partition coefficient (Wildman–Crippen LogP) is 2.97. The van der Waals surface area contributed by atoms with E-state index in [0.717, 1.165) is 12.8 Å². The van der Waals surface area contributed by atoms with Crippen molar-refractivity contribution in [3.8, 4) is 11.5 Å².